The lowest BCUT2D eigenvalue weighted by molar-refractivity contribution is -0.384. The highest BCUT2D eigenvalue weighted by Crippen LogP contribution is 2.29. The fourth-order valence-corrected chi connectivity index (χ4v) is 1.97. The normalized spacial score (nSPS) is 19.9. The third kappa shape index (κ3) is 2.69. The van der Waals surface area contributed by atoms with Crippen molar-refractivity contribution in [3.63, 3.8) is 0 Å². The number of pyridine rings is 1. The lowest BCUT2D eigenvalue weighted by Gasteiger charge is -2.32. The molecule has 0 spiro atoms. The zero-order chi connectivity index (χ0) is 13.1. The Hall–Kier alpha value is -1.44. The van der Waals surface area contributed by atoms with Gasteiger partial charge in [0, 0.05) is 25.4 Å². The molecule has 98 valence electrons. The number of aliphatic hydroxyl groups is 1. The predicted molar refractivity (Wildman–Crippen MR) is 64.9 cm³/mol. The van der Waals surface area contributed by atoms with Gasteiger partial charge in [0.25, 0.3) is 0 Å². The molecule has 1 N–H and O–H groups in total. The molecule has 1 fully saturated rings. The van der Waals surface area contributed by atoms with Crippen molar-refractivity contribution in [1.82, 2.24) is 4.98 Å². The molecule has 0 radical (unpaired) electrons. The number of halogens is 1. The zero-order valence-electron chi connectivity index (χ0n) is 9.45. The first-order chi connectivity index (χ1) is 8.61. The summed E-state index contributed by atoms with van der Waals surface area (Å²) in [6.45, 7) is 1.13. The van der Waals surface area contributed by atoms with Crippen molar-refractivity contribution >= 4 is 23.1 Å². The summed E-state index contributed by atoms with van der Waals surface area (Å²) in [4.78, 5) is 16.2. The summed E-state index contributed by atoms with van der Waals surface area (Å²) < 4.78 is 5.29. The molecule has 18 heavy (non-hydrogen) atoms. The Kier molecular flexibility index (Phi) is 3.95. The topological polar surface area (TPSA) is 88.7 Å². The Morgan fingerprint density at radius 2 is 2.50 bits per heavy atom. The van der Waals surface area contributed by atoms with E-state index in [1.54, 1.807) is 4.90 Å². The van der Waals surface area contributed by atoms with E-state index in [4.69, 9.17) is 21.4 Å². The highest BCUT2D eigenvalue weighted by atomic mass is 35.5. The standard InChI is InChI=1S/C10H12ClN3O4/c11-7-3-9(14(16)17)10(12-4-7)13-1-2-18-8(5-13)6-15/h3-4,8,15H,1-2,5-6H2. The van der Waals surface area contributed by atoms with Gasteiger partial charge in [-0.2, -0.15) is 0 Å². The van der Waals surface area contributed by atoms with Gasteiger partial charge in [0.2, 0.25) is 5.82 Å². The molecule has 0 aliphatic carbocycles. The summed E-state index contributed by atoms with van der Waals surface area (Å²) in [7, 11) is 0. The molecule has 1 atom stereocenters. The van der Waals surface area contributed by atoms with Gasteiger partial charge in [-0.1, -0.05) is 11.6 Å². The summed E-state index contributed by atoms with van der Waals surface area (Å²) in [5.74, 6) is 0.256. The number of rotatable bonds is 3. The van der Waals surface area contributed by atoms with Crippen LogP contribution in [0.3, 0.4) is 0 Å². The molecule has 1 aliphatic rings. The predicted octanol–water partition coefficient (Wildman–Crippen LogP) is 0.841. The molecular formula is C10H12ClN3O4. The largest absolute Gasteiger partial charge is 0.394 e. The summed E-state index contributed by atoms with van der Waals surface area (Å²) in [5, 5.41) is 20.2. The molecule has 8 heteroatoms. The van der Waals surface area contributed by atoms with E-state index < -0.39 is 4.92 Å². The number of ether oxygens (including phenoxy) is 1. The summed E-state index contributed by atoms with van der Waals surface area (Å²) in [5.41, 5.74) is -0.138. The summed E-state index contributed by atoms with van der Waals surface area (Å²) in [6.07, 6.45) is 1.02. The second kappa shape index (κ2) is 5.47. The van der Waals surface area contributed by atoms with Gasteiger partial charge >= 0.3 is 5.69 Å². The van der Waals surface area contributed by atoms with Crippen molar-refractivity contribution in [3.05, 3.63) is 27.4 Å². The van der Waals surface area contributed by atoms with E-state index in [0.29, 0.717) is 19.7 Å². The maximum Gasteiger partial charge on any atom is 0.313 e. The third-order valence-corrected chi connectivity index (χ3v) is 2.86. The van der Waals surface area contributed by atoms with Crippen LogP contribution >= 0.6 is 11.6 Å². The number of hydrogen-bond donors (Lipinski definition) is 1. The van der Waals surface area contributed by atoms with Gasteiger partial charge < -0.3 is 14.7 Å². The van der Waals surface area contributed by atoms with E-state index in [2.05, 4.69) is 4.98 Å². The van der Waals surface area contributed by atoms with Crippen LogP contribution in [0, 0.1) is 10.1 Å². The second-order valence-electron chi connectivity index (χ2n) is 3.87. The molecule has 0 amide bonds. The SMILES string of the molecule is O=[N+]([O-])c1cc(Cl)cnc1N1CCOC(CO)C1. The molecule has 0 saturated carbocycles. The number of nitrogens with zero attached hydrogens (tertiary/aromatic N) is 3. The first kappa shape index (κ1) is 13.0. The smallest absolute Gasteiger partial charge is 0.313 e. The van der Waals surface area contributed by atoms with Gasteiger partial charge in [-0.15, -0.1) is 0 Å². The van der Waals surface area contributed by atoms with Gasteiger partial charge in [0.15, 0.2) is 0 Å². The number of aromatic nitrogens is 1. The van der Waals surface area contributed by atoms with Crippen LogP contribution in [0.25, 0.3) is 0 Å². The average Bonchev–Trinajstić information content (AvgIpc) is 2.38. The molecule has 2 rings (SSSR count). The Bertz CT molecular complexity index is 457. The number of hydrogen-bond acceptors (Lipinski definition) is 6. The zero-order valence-corrected chi connectivity index (χ0v) is 10.2. The quantitative estimate of drug-likeness (QED) is 0.648. The van der Waals surface area contributed by atoms with Gasteiger partial charge in [-0.25, -0.2) is 4.98 Å². The first-order valence-corrected chi connectivity index (χ1v) is 5.77. The Morgan fingerprint density at radius 3 is 3.17 bits per heavy atom. The number of nitro groups is 1. The lowest BCUT2D eigenvalue weighted by Crippen LogP contribution is -2.44. The van der Waals surface area contributed by atoms with Crippen LogP contribution in [0.1, 0.15) is 0 Å². The van der Waals surface area contributed by atoms with E-state index in [1.807, 2.05) is 0 Å². The molecule has 1 aliphatic heterocycles. The van der Waals surface area contributed by atoms with Crippen molar-refractivity contribution < 1.29 is 14.8 Å². The highest BCUT2D eigenvalue weighted by molar-refractivity contribution is 6.30. The molecule has 2 heterocycles. The number of aliphatic hydroxyl groups excluding tert-OH is 1. The van der Waals surface area contributed by atoms with E-state index in [-0.39, 0.29) is 29.2 Å². The maximum atomic E-state index is 11.0. The van der Waals surface area contributed by atoms with Crippen molar-refractivity contribution in [2.24, 2.45) is 0 Å². The second-order valence-corrected chi connectivity index (χ2v) is 4.31. The van der Waals surface area contributed by atoms with Gasteiger partial charge in [-0.3, -0.25) is 10.1 Å². The molecule has 7 nitrogen and oxygen atoms in total. The Balaban J connectivity index is 2.29. The van der Waals surface area contributed by atoms with Crippen molar-refractivity contribution in [3.8, 4) is 0 Å². The van der Waals surface area contributed by atoms with Gasteiger partial charge in [-0.05, 0) is 0 Å². The highest BCUT2D eigenvalue weighted by Gasteiger charge is 2.27. The molecular weight excluding hydrogens is 262 g/mol. The molecule has 1 aromatic heterocycles. The summed E-state index contributed by atoms with van der Waals surface area (Å²) in [6, 6.07) is 1.27. The number of morpholine rings is 1. The minimum Gasteiger partial charge on any atom is -0.394 e. The van der Waals surface area contributed by atoms with E-state index >= 15 is 0 Å². The lowest BCUT2D eigenvalue weighted by atomic mass is 10.2. The van der Waals surface area contributed by atoms with Crippen LogP contribution in [-0.4, -0.2) is 47.4 Å². The molecule has 1 unspecified atom stereocenters. The van der Waals surface area contributed by atoms with Crippen LogP contribution < -0.4 is 4.90 Å². The molecule has 1 saturated heterocycles. The van der Waals surface area contributed by atoms with Crippen LogP contribution in [0.15, 0.2) is 12.3 Å². The van der Waals surface area contributed by atoms with Gasteiger partial charge in [0.05, 0.1) is 29.3 Å². The minimum atomic E-state index is -0.516. The van der Waals surface area contributed by atoms with Gasteiger partial charge in [0.1, 0.15) is 0 Å². The van der Waals surface area contributed by atoms with Crippen LogP contribution in [0.4, 0.5) is 11.5 Å². The Labute approximate surface area is 108 Å². The van der Waals surface area contributed by atoms with E-state index in [9.17, 15) is 10.1 Å². The van der Waals surface area contributed by atoms with E-state index in [1.165, 1.54) is 12.3 Å². The average molecular weight is 274 g/mol. The number of anilines is 1. The monoisotopic (exact) mass is 273 g/mol. The molecule has 0 aromatic carbocycles. The fraction of sp³-hybridized carbons (Fsp3) is 0.500. The molecule has 0 bridgehead atoms. The third-order valence-electron chi connectivity index (χ3n) is 2.65. The molecule has 1 aromatic rings. The first-order valence-electron chi connectivity index (χ1n) is 5.39. The fourth-order valence-electron chi connectivity index (χ4n) is 1.82. The Morgan fingerprint density at radius 1 is 1.72 bits per heavy atom. The van der Waals surface area contributed by atoms with Crippen LogP contribution in [0.5, 0.6) is 0 Å². The van der Waals surface area contributed by atoms with Crippen LogP contribution in [0.2, 0.25) is 5.02 Å². The minimum absolute atomic E-state index is 0.127. The van der Waals surface area contributed by atoms with E-state index in [0.717, 1.165) is 0 Å². The van der Waals surface area contributed by atoms with Crippen LogP contribution in [-0.2, 0) is 4.74 Å². The van der Waals surface area contributed by atoms with Crippen molar-refractivity contribution in [1.29, 1.82) is 0 Å². The summed E-state index contributed by atoms with van der Waals surface area (Å²) >= 11 is 5.71. The maximum absolute atomic E-state index is 11.0. The van der Waals surface area contributed by atoms with Crippen molar-refractivity contribution in [2.75, 3.05) is 31.2 Å². The van der Waals surface area contributed by atoms with Crippen molar-refractivity contribution in [2.45, 2.75) is 6.10 Å².